The summed E-state index contributed by atoms with van der Waals surface area (Å²) in [6.07, 6.45) is -12.0. The van der Waals surface area contributed by atoms with Crippen molar-refractivity contribution in [3.8, 4) is 0 Å². The molecule has 0 N–H and O–H groups in total. The number of hydrogen-bond donors (Lipinski definition) is 0. The fraction of sp³-hybridized carbons (Fsp3) is 1.00. The van der Waals surface area contributed by atoms with E-state index in [1.54, 1.807) is 0 Å². The first kappa shape index (κ1) is 10.7. The van der Waals surface area contributed by atoms with E-state index in [-0.39, 0.29) is 0 Å². The van der Waals surface area contributed by atoms with E-state index in [0.29, 0.717) is 0 Å². The van der Waals surface area contributed by atoms with Gasteiger partial charge in [-0.2, -0.15) is 0 Å². The molecule has 1 saturated carbocycles. The van der Waals surface area contributed by atoms with Gasteiger partial charge in [-0.15, -0.1) is 0 Å². The minimum atomic E-state index is -2.41. The van der Waals surface area contributed by atoms with Crippen LogP contribution >= 0.6 is 0 Å². The van der Waals surface area contributed by atoms with Gasteiger partial charge in [0.1, 0.15) is 24.7 Å². The summed E-state index contributed by atoms with van der Waals surface area (Å²) >= 11 is 0. The van der Waals surface area contributed by atoms with Gasteiger partial charge in [0.2, 0.25) is 0 Å². The van der Waals surface area contributed by atoms with E-state index >= 15 is 0 Å². The number of halogens is 5. The molecule has 6 unspecified atom stereocenters. The van der Waals surface area contributed by atoms with Crippen LogP contribution in [0.1, 0.15) is 13.3 Å². The lowest BCUT2D eigenvalue weighted by Crippen LogP contribution is -2.33. The molecule has 0 spiro atoms. The van der Waals surface area contributed by atoms with Gasteiger partial charge in [0, 0.05) is 12.3 Å². The smallest absolute Gasteiger partial charge is 0.163 e. The van der Waals surface area contributed by atoms with Crippen LogP contribution in [0.5, 0.6) is 0 Å². The van der Waals surface area contributed by atoms with Crippen molar-refractivity contribution in [1.82, 2.24) is 0 Å². The van der Waals surface area contributed by atoms with E-state index < -0.39 is 43.2 Å². The highest BCUT2D eigenvalue weighted by Gasteiger charge is 2.45. The molecular formula is C8H11F5. The van der Waals surface area contributed by atoms with Gasteiger partial charge in [0.05, 0.1) is 0 Å². The van der Waals surface area contributed by atoms with Crippen molar-refractivity contribution in [2.75, 3.05) is 0 Å². The second kappa shape index (κ2) is 3.80. The Labute approximate surface area is 73.1 Å². The van der Waals surface area contributed by atoms with Gasteiger partial charge in [0.25, 0.3) is 0 Å². The Balaban J connectivity index is 2.79. The van der Waals surface area contributed by atoms with Crippen LogP contribution in [0.15, 0.2) is 0 Å². The van der Waals surface area contributed by atoms with Gasteiger partial charge >= 0.3 is 0 Å². The quantitative estimate of drug-likeness (QED) is 0.418. The van der Waals surface area contributed by atoms with Crippen LogP contribution in [-0.4, -0.2) is 30.9 Å². The first-order valence-corrected chi connectivity index (χ1v) is 4.15. The number of alkyl halides is 5. The van der Waals surface area contributed by atoms with Gasteiger partial charge < -0.3 is 0 Å². The fourth-order valence-electron chi connectivity index (χ4n) is 1.47. The monoisotopic (exact) mass is 202 g/mol. The van der Waals surface area contributed by atoms with Crippen molar-refractivity contribution in [3.63, 3.8) is 0 Å². The molecule has 1 aliphatic carbocycles. The Hall–Kier alpha value is -0.350. The maximum atomic E-state index is 12.9. The van der Waals surface area contributed by atoms with Crippen LogP contribution in [0.3, 0.4) is 0 Å². The highest BCUT2D eigenvalue weighted by atomic mass is 19.2. The van der Waals surface area contributed by atoms with Crippen LogP contribution in [-0.2, 0) is 0 Å². The van der Waals surface area contributed by atoms with Gasteiger partial charge in [-0.25, -0.2) is 22.0 Å². The minimum Gasteiger partial charge on any atom is -0.244 e. The van der Waals surface area contributed by atoms with E-state index in [1.807, 2.05) is 0 Å². The minimum absolute atomic E-state index is 0.896. The summed E-state index contributed by atoms with van der Waals surface area (Å²) in [6.45, 7) is 1.05. The lowest BCUT2D eigenvalue weighted by molar-refractivity contribution is 0.0461. The lowest BCUT2D eigenvalue weighted by atomic mass is 9.98. The molecule has 78 valence electrons. The van der Waals surface area contributed by atoms with Crippen LogP contribution in [0, 0.1) is 5.92 Å². The van der Waals surface area contributed by atoms with Crippen LogP contribution in [0.2, 0.25) is 0 Å². The summed E-state index contributed by atoms with van der Waals surface area (Å²) in [5, 5.41) is 0. The summed E-state index contributed by atoms with van der Waals surface area (Å²) in [4.78, 5) is 0. The third-order valence-corrected chi connectivity index (χ3v) is 2.45. The second-order valence-electron chi connectivity index (χ2n) is 3.46. The zero-order chi connectivity index (χ0) is 10.2. The molecule has 1 fully saturated rings. The maximum Gasteiger partial charge on any atom is 0.163 e. The first-order valence-electron chi connectivity index (χ1n) is 4.15. The normalized spacial score (nSPS) is 53.1. The van der Waals surface area contributed by atoms with Crippen molar-refractivity contribution >= 4 is 0 Å². The zero-order valence-electron chi connectivity index (χ0n) is 7.06. The first-order chi connectivity index (χ1) is 5.95. The van der Waals surface area contributed by atoms with E-state index in [2.05, 4.69) is 0 Å². The SMILES string of the molecule is CC1C(F)C(F)CC(F)C(F)C1F. The fourth-order valence-corrected chi connectivity index (χ4v) is 1.47. The topological polar surface area (TPSA) is 0 Å². The molecule has 5 heteroatoms. The molecule has 1 rings (SSSR count). The standard InChI is InChI=1S/C8H11F5/c1-3-6(11)4(9)2-5(10)8(13)7(3)12/h3-8H,2H2,1H3. The van der Waals surface area contributed by atoms with E-state index in [0.717, 1.165) is 6.92 Å². The van der Waals surface area contributed by atoms with E-state index in [1.165, 1.54) is 0 Å². The molecule has 0 bridgehead atoms. The van der Waals surface area contributed by atoms with Crippen molar-refractivity contribution in [3.05, 3.63) is 0 Å². The van der Waals surface area contributed by atoms with Gasteiger partial charge in [-0.05, 0) is 0 Å². The Morgan fingerprint density at radius 2 is 1.23 bits per heavy atom. The summed E-state index contributed by atoms with van der Waals surface area (Å²) < 4.78 is 63.9. The molecule has 1 aliphatic rings. The molecule has 0 aliphatic heterocycles. The highest BCUT2D eigenvalue weighted by molar-refractivity contribution is 4.92. The van der Waals surface area contributed by atoms with Crippen molar-refractivity contribution in [2.45, 2.75) is 44.2 Å². The third kappa shape index (κ3) is 1.94. The number of hydrogen-bond acceptors (Lipinski definition) is 0. The van der Waals surface area contributed by atoms with Crippen molar-refractivity contribution < 1.29 is 22.0 Å². The van der Waals surface area contributed by atoms with Crippen LogP contribution in [0.25, 0.3) is 0 Å². The predicted octanol–water partition coefficient (Wildman–Crippen LogP) is 2.72. The summed E-state index contributed by atoms with van der Waals surface area (Å²) in [7, 11) is 0. The van der Waals surface area contributed by atoms with Crippen molar-refractivity contribution in [2.24, 2.45) is 5.92 Å². The Kier molecular flexibility index (Phi) is 3.14. The van der Waals surface area contributed by atoms with Crippen LogP contribution in [0.4, 0.5) is 22.0 Å². The van der Waals surface area contributed by atoms with E-state index in [9.17, 15) is 22.0 Å². The largest absolute Gasteiger partial charge is 0.244 e. The molecule has 0 heterocycles. The average Bonchev–Trinajstić information content (AvgIpc) is 2.15. The molecular weight excluding hydrogens is 191 g/mol. The predicted molar refractivity (Wildman–Crippen MR) is 38.3 cm³/mol. The summed E-state index contributed by atoms with van der Waals surface area (Å²) in [5.41, 5.74) is 0. The summed E-state index contributed by atoms with van der Waals surface area (Å²) in [6, 6.07) is 0. The van der Waals surface area contributed by atoms with Crippen LogP contribution < -0.4 is 0 Å². The molecule has 0 radical (unpaired) electrons. The second-order valence-corrected chi connectivity index (χ2v) is 3.46. The van der Waals surface area contributed by atoms with E-state index in [4.69, 9.17) is 0 Å². The van der Waals surface area contributed by atoms with Gasteiger partial charge in [0.15, 0.2) is 6.17 Å². The Morgan fingerprint density at radius 3 is 1.77 bits per heavy atom. The van der Waals surface area contributed by atoms with Gasteiger partial charge in [-0.3, -0.25) is 0 Å². The average molecular weight is 202 g/mol. The third-order valence-electron chi connectivity index (χ3n) is 2.45. The Bertz CT molecular complexity index is 156. The molecule has 0 aromatic heterocycles. The zero-order valence-corrected chi connectivity index (χ0v) is 7.06. The Morgan fingerprint density at radius 1 is 0.769 bits per heavy atom. The lowest BCUT2D eigenvalue weighted by Gasteiger charge is -2.19. The summed E-state index contributed by atoms with van der Waals surface area (Å²) in [5.74, 6) is -1.43. The molecule has 0 saturated heterocycles. The molecule has 0 amide bonds. The molecule has 0 aromatic carbocycles. The molecule has 0 aromatic rings. The molecule has 6 atom stereocenters. The molecule has 13 heavy (non-hydrogen) atoms. The van der Waals surface area contributed by atoms with Crippen molar-refractivity contribution in [1.29, 1.82) is 0 Å². The maximum absolute atomic E-state index is 12.9. The molecule has 0 nitrogen and oxygen atoms in total. The van der Waals surface area contributed by atoms with Gasteiger partial charge in [-0.1, -0.05) is 6.92 Å². The number of rotatable bonds is 0. The highest BCUT2D eigenvalue weighted by Crippen LogP contribution is 2.33.